The number of hydrogen-bond acceptors (Lipinski definition) is 3. The van der Waals surface area contributed by atoms with E-state index < -0.39 is 0 Å². The Balaban J connectivity index is 2.25. The van der Waals surface area contributed by atoms with Crippen molar-refractivity contribution in [3.05, 3.63) is 23.8 Å². The number of rotatable bonds is 2. The van der Waals surface area contributed by atoms with Crippen molar-refractivity contribution >= 4 is 6.29 Å². The fourth-order valence-corrected chi connectivity index (χ4v) is 1.04. The minimum absolute atomic E-state index is 0.273. The van der Waals surface area contributed by atoms with Crippen LogP contribution >= 0.6 is 0 Å². The van der Waals surface area contributed by atoms with Crippen molar-refractivity contribution in [3.63, 3.8) is 0 Å². The predicted octanol–water partition coefficient (Wildman–Crippen LogP) is 1.17. The monoisotopic (exact) mass is 148 g/mol. The lowest BCUT2D eigenvalue weighted by molar-refractivity contribution is 0.111. The molecule has 1 aromatic heterocycles. The zero-order chi connectivity index (χ0) is 7.68. The van der Waals surface area contributed by atoms with Crippen molar-refractivity contribution in [2.75, 3.05) is 0 Å². The summed E-state index contributed by atoms with van der Waals surface area (Å²) >= 11 is 0. The number of carbonyl (C=O) groups is 1. The molecule has 0 amide bonds. The van der Waals surface area contributed by atoms with Gasteiger partial charge in [0.25, 0.3) is 0 Å². The van der Waals surface area contributed by atoms with Gasteiger partial charge in [-0.25, -0.2) is 9.97 Å². The highest BCUT2D eigenvalue weighted by Crippen LogP contribution is 2.39. The van der Waals surface area contributed by atoms with Gasteiger partial charge in [0, 0.05) is 12.4 Å². The molecule has 1 heterocycles. The van der Waals surface area contributed by atoms with E-state index in [0.29, 0.717) is 12.2 Å². The largest absolute Gasteiger partial charge is 0.294 e. The standard InChI is InChI=1S/C8H8N2O/c11-5-8-9-3-7(4-10-8)6-1-2-6/h3-6H,1-2H2. The third-order valence-corrected chi connectivity index (χ3v) is 1.85. The van der Waals surface area contributed by atoms with Crippen LogP contribution in [0.25, 0.3) is 0 Å². The molecule has 0 N–H and O–H groups in total. The maximum absolute atomic E-state index is 10.2. The summed E-state index contributed by atoms with van der Waals surface area (Å²) in [4.78, 5) is 17.9. The van der Waals surface area contributed by atoms with Crippen LogP contribution in [0.5, 0.6) is 0 Å². The Kier molecular flexibility index (Phi) is 1.42. The summed E-state index contributed by atoms with van der Waals surface area (Å²) in [6.45, 7) is 0. The van der Waals surface area contributed by atoms with E-state index in [2.05, 4.69) is 9.97 Å². The Morgan fingerprint density at radius 3 is 2.45 bits per heavy atom. The molecule has 0 saturated heterocycles. The molecule has 0 atom stereocenters. The number of carbonyl (C=O) groups excluding carboxylic acids is 1. The molecule has 1 saturated carbocycles. The number of hydrogen-bond donors (Lipinski definition) is 0. The molecule has 0 aromatic carbocycles. The van der Waals surface area contributed by atoms with E-state index in [1.54, 1.807) is 12.4 Å². The van der Waals surface area contributed by atoms with Crippen LogP contribution in [0.2, 0.25) is 0 Å². The third-order valence-electron chi connectivity index (χ3n) is 1.85. The predicted molar refractivity (Wildman–Crippen MR) is 39.4 cm³/mol. The molecule has 1 fully saturated rings. The van der Waals surface area contributed by atoms with Gasteiger partial charge in [0.2, 0.25) is 0 Å². The summed E-state index contributed by atoms with van der Waals surface area (Å²) in [5.41, 5.74) is 1.16. The van der Waals surface area contributed by atoms with Gasteiger partial charge in [0.1, 0.15) is 0 Å². The molecule has 3 heteroatoms. The van der Waals surface area contributed by atoms with Crippen molar-refractivity contribution in [2.24, 2.45) is 0 Å². The van der Waals surface area contributed by atoms with E-state index in [1.807, 2.05) is 0 Å². The smallest absolute Gasteiger partial charge is 0.192 e. The molecule has 0 radical (unpaired) electrons. The lowest BCUT2D eigenvalue weighted by Gasteiger charge is -1.94. The van der Waals surface area contributed by atoms with E-state index in [1.165, 1.54) is 12.8 Å². The average molecular weight is 148 g/mol. The molecule has 3 nitrogen and oxygen atoms in total. The van der Waals surface area contributed by atoms with E-state index in [4.69, 9.17) is 0 Å². The van der Waals surface area contributed by atoms with Crippen LogP contribution in [0.3, 0.4) is 0 Å². The van der Waals surface area contributed by atoms with Crippen LogP contribution in [-0.4, -0.2) is 16.3 Å². The molecular weight excluding hydrogens is 140 g/mol. The van der Waals surface area contributed by atoms with Gasteiger partial charge in [-0.3, -0.25) is 4.79 Å². The molecule has 1 aromatic rings. The van der Waals surface area contributed by atoms with Crippen LogP contribution in [0.15, 0.2) is 12.4 Å². The topological polar surface area (TPSA) is 42.9 Å². The first-order chi connectivity index (χ1) is 5.40. The molecule has 56 valence electrons. The van der Waals surface area contributed by atoms with Crippen molar-refractivity contribution in [1.29, 1.82) is 0 Å². The number of aldehydes is 1. The highest BCUT2D eigenvalue weighted by atomic mass is 16.1. The van der Waals surface area contributed by atoms with Gasteiger partial charge in [0.15, 0.2) is 12.1 Å². The Morgan fingerprint density at radius 1 is 1.36 bits per heavy atom. The van der Waals surface area contributed by atoms with Crippen LogP contribution in [0.4, 0.5) is 0 Å². The zero-order valence-corrected chi connectivity index (χ0v) is 6.03. The molecule has 0 bridgehead atoms. The molecule has 1 aliphatic carbocycles. The third kappa shape index (κ3) is 1.27. The van der Waals surface area contributed by atoms with Gasteiger partial charge in [0.05, 0.1) is 0 Å². The summed E-state index contributed by atoms with van der Waals surface area (Å²) in [5, 5.41) is 0. The second-order valence-electron chi connectivity index (χ2n) is 2.77. The number of aromatic nitrogens is 2. The van der Waals surface area contributed by atoms with Crippen molar-refractivity contribution in [2.45, 2.75) is 18.8 Å². The van der Waals surface area contributed by atoms with E-state index in [0.717, 1.165) is 5.56 Å². The van der Waals surface area contributed by atoms with Crippen molar-refractivity contribution < 1.29 is 4.79 Å². The summed E-state index contributed by atoms with van der Waals surface area (Å²) < 4.78 is 0. The number of nitrogens with zero attached hydrogens (tertiary/aromatic N) is 2. The van der Waals surface area contributed by atoms with Crippen molar-refractivity contribution in [1.82, 2.24) is 9.97 Å². The highest BCUT2D eigenvalue weighted by molar-refractivity contribution is 5.68. The van der Waals surface area contributed by atoms with E-state index in [9.17, 15) is 4.79 Å². The van der Waals surface area contributed by atoms with Crippen LogP contribution in [0.1, 0.15) is 34.9 Å². The van der Waals surface area contributed by atoms with E-state index in [-0.39, 0.29) is 5.82 Å². The van der Waals surface area contributed by atoms with Gasteiger partial charge in [-0.1, -0.05) is 0 Å². The second-order valence-corrected chi connectivity index (χ2v) is 2.77. The summed E-state index contributed by atoms with van der Waals surface area (Å²) in [7, 11) is 0. The molecule has 0 spiro atoms. The van der Waals surface area contributed by atoms with Gasteiger partial charge < -0.3 is 0 Å². The molecule has 1 aliphatic rings. The molecule has 0 aliphatic heterocycles. The Hall–Kier alpha value is -1.25. The normalized spacial score (nSPS) is 16.4. The summed E-state index contributed by atoms with van der Waals surface area (Å²) in [6.07, 6.45) is 6.63. The second kappa shape index (κ2) is 2.42. The fourth-order valence-electron chi connectivity index (χ4n) is 1.04. The fraction of sp³-hybridized carbons (Fsp3) is 0.375. The maximum Gasteiger partial charge on any atom is 0.192 e. The summed E-state index contributed by atoms with van der Waals surface area (Å²) in [6, 6.07) is 0. The minimum Gasteiger partial charge on any atom is -0.294 e. The summed E-state index contributed by atoms with van der Waals surface area (Å²) in [5.74, 6) is 0.935. The molecule has 11 heavy (non-hydrogen) atoms. The van der Waals surface area contributed by atoms with Gasteiger partial charge in [-0.05, 0) is 24.3 Å². The first kappa shape index (κ1) is 6.46. The van der Waals surface area contributed by atoms with Crippen LogP contribution in [-0.2, 0) is 0 Å². The van der Waals surface area contributed by atoms with Crippen LogP contribution in [0, 0.1) is 0 Å². The quantitative estimate of drug-likeness (QED) is 0.591. The lowest BCUT2D eigenvalue weighted by atomic mass is 10.2. The molecular formula is C8H8N2O. The van der Waals surface area contributed by atoms with Crippen LogP contribution < -0.4 is 0 Å². The SMILES string of the molecule is O=Cc1ncc(C2CC2)cn1. The minimum atomic E-state index is 0.273. The van der Waals surface area contributed by atoms with Gasteiger partial charge >= 0.3 is 0 Å². The van der Waals surface area contributed by atoms with E-state index >= 15 is 0 Å². The Bertz CT molecular complexity index is 264. The zero-order valence-electron chi connectivity index (χ0n) is 6.03. The van der Waals surface area contributed by atoms with Crippen molar-refractivity contribution in [3.8, 4) is 0 Å². The highest BCUT2D eigenvalue weighted by Gasteiger charge is 2.23. The van der Waals surface area contributed by atoms with Gasteiger partial charge in [-0.2, -0.15) is 0 Å². The lowest BCUT2D eigenvalue weighted by Crippen LogP contribution is -1.92. The Labute approximate surface area is 64.5 Å². The maximum atomic E-state index is 10.2. The van der Waals surface area contributed by atoms with Gasteiger partial charge in [-0.15, -0.1) is 0 Å². The Morgan fingerprint density at radius 2 is 2.00 bits per heavy atom. The first-order valence-electron chi connectivity index (χ1n) is 3.67. The first-order valence-corrected chi connectivity index (χ1v) is 3.67. The average Bonchev–Trinajstić information content (AvgIpc) is 2.87. The molecule has 2 rings (SSSR count). The molecule has 0 unspecified atom stereocenters.